The molecule has 0 aliphatic heterocycles. The third-order valence-electron chi connectivity index (χ3n) is 1.77. The van der Waals surface area contributed by atoms with E-state index in [0.29, 0.717) is 5.69 Å². The number of carbonyl (C=O) groups excluding carboxylic acids is 1. The monoisotopic (exact) mass is 228 g/mol. The molecule has 0 amide bonds. The number of rotatable bonds is 3. The van der Waals surface area contributed by atoms with Gasteiger partial charge in [0.1, 0.15) is 5.69 Å². The summed E-state index contributed by atoms with van der Waals surface area (Å²) < 4.78 is 4.46. The molecular formula is C8H9N2O4P. The summed E-state index contributed by atoms with van der Waals surface area (Å²) in [5.74, 6) is -0.603. The molecule has 1 unspecified atom stereocenters. The van der Waals surface area contributed by atoms with Crippen molar-refractivity contribution in [1.29, 1.82) is 0 Å². The topological polar surface area (TPSA) is 81.5 Å². The van der Waals surface area contributed by atoms with Crippen LogP contribution in [0.15, 0.2) is 18.2 Å². The molecule has 0 aromatic heterocycles. The Kier molecular flexibility index (Phi) is 3.57. The van der Waals surface area contributed by atoms with Crippen molar-refractivity contribution in [2.75, 3.05) is 12.2 Å². The van der Waals surface area contributed by atoms with E-state index in [1.165, 1.54) is 19.2 Å². The first kappa shape index (κ1) is 11.4. The zero-order valence-corrected chi connectivity index (χ0v) is 9.04. The van der Waals surface area contributed by atoms with Gasteiger partial charge in [-0.15, -0.1) is 0 Å². The molecule has 0 saturated heterocycles. The molecule has 1 aromatic rings. The van der Waals surface area contributed by atoms with Crippen molar-refractivity contribution >= 4 is 26.7 Å². The van der Waals surface area contributed by atoms with Crippen molar-refractivity contribution in [2.24, 2.45) is 0 Å². The van der Waals surface area contributed by atoms with E-state index in [9.17, 15) is 14.9 Å². The summed E-state index contributed by atoms with van der Waals surface area (Å²) in [6.07, 6.45) is 0. The average molecular weight is 228 g/mol. The summed E-state index contributed by atoms with van der Waals surface area (Å²) in [5, 5.41) is 13.2. The number of nitro groups is 1. The average Bonchev–Trinajstić information content (AvgIpc) is 2.27. The number of nitrogens with zero attached hydrogens (tertiary/aromatic N) is 1. The summed E-state index contributed by atoms with van der Waals surface area (Å²) in [6.45, 7) is 0. The zero-order valence-electron chi connectivity index (χ0n) is 7.89. The quantitative estimate of drug-likeness (QED) is 0.367. The van der Waals surface area contributed by atoms with Gasteiger partial charge < -0.3 is 9.82 Å². The number of ether oxygens (including phenoxy) is 1. The SMILES string of the molecule is COC(=O)c1ccc(NP)c([N+](=O)[O-])c1. The van der Waals surface area contributed by atoms with Crippen LogP contribution in [-0.2, 0) is 4.74 Å². The highest BCUT2D eigenvalue weighted by molar-refractivity contribution is 7.18. The van der Waals surface area contributed by atoms with Gasteiger partial charge in [0.25, 0.3) is 5.69 Å². The van der Waals surface area contributed by atoms with Crippen LogP contribution in [0.5, 0.6) is 0 Å². The number of nitrogens with one attached hydrogen (secondary N) is 1. The molecule has 6 nitrogen and oxygen atoms in total. The van der Waals surface area contributed by atoms with Crippen LogP contribution in [0.1, 0.15) is 10.4 Å². The summed E-state index contributed by atoms with van der Waals surface area (Å²) in [6, 6.07) is 4.06. The minimum atomic E-state index is -0.603. The van der Waals surface area contributed by atoms with Gasteiger partial charge in [-0.25, -0.2) is 4.79 Å². The molecule has 1 aromatic carbocycles. The predicted molar refractivity (Wildman–Crippen MR) is 57.8 cm³/mol. The maximum atomic E-state index is 11.1. The molecule has 0 aliphatic carbocycles. The van der Waals surface area contributed by atoms with E-state index in [1.54, 1.807) is 0 Å². The van der Waals surface area contributed by atoms with E-state index in [1.807, 2.05) is 0 Å². The maximum absolute atomic E-state index is 11.1. The molecule has 0 radical (unpaired) electrons. The molecule has 80 valence electrons. The Balaban J connectivity index is 3.22. The molecule has 0 saturated carbocycles. The van der Waals surface area contributed by atoms with E-state index in [0.717, 1.165) is 6.07 Å². The molecule has 15 heavy (non-hydrogen) atoms. The number of nitro benzene ring substituents is 1. The molecule has 1 atom stereocenters. The van der Waals surface area contributed by atoms with Crippen molar-refractivity contribution in [2.45, 2.75) is 0 Å². The minimum absolute atomic E-state index is 0.146. The fourth-order valence-corrected chi connectivity index (χ4v) is 1.29. The lowest BCUT2D eigenvalue weighted by Gasteiger charge is -2.03. The fraction of sp³-hybridized carbons (Fsp3) is 0.125. The van der Waals surface area contributed by atoms with E-state index < -0.39 is 10.9 Å². The van der Waals surface area contributed by atoms with Crippen molar-refractivity contribution in [3.05, 3.63) is 33.9 Å². The van der Waals surface area contributed by atoms with Gasteiger partial charge in [-0.05, 0) is 21.5 Å². The lowest BCUT2D eigenvalue weighted by Crippen LogP contribution is -2.03. The number of hydrogen-bond acceptors (Lipinski definition) is 5. The first-order valence-electron chi connectivity index (χ1n) is 3.93. The number of esters is 1. The van der Waals surface area contributed by atoms with Crippen LogP contribution in [0.3, 0.4) is 0 Å². The number of carbonyl (C=O) groups is 1. The number of anilines is 1. The van der Waals surface area contributed by atoms with Crippen LogP contribution >= 0.6 is 9.39 Å². The van der Waals surface area contributed by atoms with Gasteiger partial charge in [-0.2, -0.15) is 0 Å². The third-order valence-corrected chi connectivity index (χ3v) is 2.08. The van der Waals surface area contributed by atoms with Gasteiger partial charge in [-0.1, -0.05) is 0 Å². The van der Waals surface area contributed by atoms with Crippen LogP contribution < -0.4 is 5.09 Å². The first-order valence-corrected chi connectivity index (χ1v) is 4.51. The number of methoxy groups -OCH3 is 1. The molecule has 7 heteroatoms. The van der Waals surface area contributed by atoms with Crippen molar-refractivity contribution in [3.63, 3.8) is 0 Å². The van der Waals surface area contributed by atoms with Crippen molar-refractivity contribution in [3.8, 4) is 0 Å². The Hall–Kier alpha value is -1.68. The second kappa shape index (κ2) is 4.70. The standard InChI is InChI=1S/C8H9N2O4P/c1-14-8(11)5-2-3-6(9-15)7(4-5)10(12)13/h2-4,9H,15H2,1H3. The Morgan fingerprint density at radius 3 is 2.73 bits per heavy atom. The van der Waals surface area contributed by atoms with E-state index in [2.05, 4.69) is 19.2 Å². The van der Waals surface area contributed by atoms with Crippen molar-refractivity contribution < 1.29 is 14.5 Å². The number of benzene rings is 1. The highest BCUT2D eigenvalue weighted by Gasteiger charge is 2.16. The van der Waals surface area contributed by atoms with Crippen LogP contribution in [0.25, 0.3) is 0 Å². The normalized spacial score (nSPS) is 9.47. The van der Waals surface area contributed by atoms with Gasteiger partial charge in [0, 0.05) is 6.07 Å². The van der Waals surface area contributed by atoms with Gasteiger partial charge >= 0.3 is 5.97 Å². The van der Waals surface area contributed by atoms with Gasteiger partial charge in [0.2, 0.25) is 0 Å². The summed E-state index contributed by atoms with van der Waals surface area (Å²) in [4.78, 5) is 21.2. The fourth-order valence-electron chi connectivity index (χ4n) is 1.05. The Bertz CT molecular complexity index is 408. The predicted octanol–water partition coefficient (Wildman–Crippen LogP) is 1.58. The molecule has 0 bridgehead atoms. The highest BCUT2D eigenvalue weighted by Crippen LogP contribution is 2.26. The molecular weight excluding hydrogens is 219 g/mol. The molecule has 1 rings (SSSR count). The third kappa shape index (κ3) is 2.41. The number of hydrogen-bond donors (Lipinski definition) is 1. The molecule has 0 heterocycles. The smallest absolute Gasteiger partial charge is 0.338 e. The van der Waals surface area contributed by atoms with Gasteiger partial charge in [-0.3, -0.25) is 10.1 Å². The van der Waals surface area contributed by atoms with Crippen LogP contribution in [0, 0.1) is 10.1 Å². The zero-order chi connectivity index (χ0) is 11.4. The molecule has 0 spiro atoms. The summed E-state index contributed by atoms with van der Waals surface area (Å²) >= 11 is 0. The second-order valence-electron chi connectivity index (χ2n) is 2.62. The molecule has 1 N–H and O–H groups in total. The van der Waals surface area contributed by atoms with Crippen LogP contribution in [0.2, 0.25) is 0 Å². The van der Waals surface area contributed by atoms with Crippen molar-refractivity contribution in [1.82, 2.24) is 0 Å². The Morgan fingerprint density at radius 1 is 1.60 bits per heavy atom. The molecule has 0 fully saturated rings. The van der Waals surface area contributed by atoms with Crippen LogP contribution in [0.4, 0.5) is 11.4 Å². The lowest BCUT2D eigenvalue weighted by atomic mass is 10.2. The molecule has 0 aliphatic rings. The highest BCUT2D eigenvalue weighted by atomic mass is 31.0. The Morgan fingerprint density at radius 2 is 2.27 bits per heavy atom. The van der Waals surface area contributed by atoms with Gasteiger partial charge in [0.15, 0.2) is 0 Å². The maximum Gasteiger partial charge on any atom is 0.338 e. The van der Waals surface area contributed by atoms with E-state index in [-0.39, 0.29) is 11.3 Å². The van der Waals surface area contributed by atoms with Crippen LogP contribution in [-0.4, -0.2) is 18.0 Å². The van der Waals surface area contributed by atoms with Gasteiger partial charge in [0.05, 0.1) is 17.6 Å². The van der Waals surface area contributed by atoms with E-state index >= 15 is 0 Å². The lowest BCUT2D eigenvalue weighted by molar-refractivity contribution is -0.383. The summed E-state index contributed by atoms with van der Waals surface area (Å²) in [5.41, 5.74) is 0.291. The van der Waals surface area contributed by atoms with E-state index in [4.69, 9.17) is 0 Å². The first-order chi connectivity index (χ1) is 7.10. The second-order valence-corrected chi connectivity index (χ2v) is 2.91. The largest absolute Gasteiger partial charge is 0.465 e. The Labute approximate surface area is 88.0 Å². The minimum Gasteiger partial charge on any atom is -0.465 e. The summed E-state index contributed by atoms with van der Waals surface area (Å²) in [7, 11) is 3.37.